The minimum Gasteiger partial charge on any atom is -0.494 e. The molecule has 7 nitrogen and oxygen atoms in total. The number of rotatable bonds is 7. The van der Waals surface area contributed by atoms with Gasteiger partial charge in [0.25, 0.3) is 0 Å². The molecule has 1 N–H and O–H groups in total. The number of fused-ring (bicyclic) bond motifs is 1. The molecule has 0 saturated carbocycles. The van der Waals surface area contributed by atoms with Crippen LogP contribution in [0, 0.1) is 0 Å². The summed E-state index contributed by atoms with van der Waals surface area (Å²) in [7, 11) is -3.21. The van der Waals surface area contributed by atoms with Gasteiger partial charge in [-0.1, -0.05) is 12.1 Å². The smallest absolute Gasteiger partial charge is 0.209 e. The number of nitrogens with zero attached hydrogens (tertiary/aromatic N) is 3. The standard InChI is InChI=1S/C17H24N4O3S/c1-3-24-17-6-4-5-14(9-17)12-20-7-8-21-16(13-20)10-15(19-21)11-18-25(2,22)23/h4-6,9-10,18H,3,7-8,11-13H2,1-2H3. The van der Waals surface area contributed by atoms with Gasteiger partial charge in [-0.3, -0.25) is 9.58 Å². The van der Waals surface area contributed by atoms with Gasteiger partial charge in [-0.05, 0) is 30.7 Å². The molecule has 1 aliphatic rings. The van der Waals surface area contributed by atoms with Gasteiger partial charge in [0.15, 0.2) is 0 Å². The van der Waals surface area contributed by atoms with Crippen LogP contribution in [0.4, 0.5) is 0 Å². The first-order chi connectivity index (χ1) is 11.9. The number of nitrogens with one attached hydrogen (secondary N) is 1. The van der Waals surface area contributed by atoms with Gasteiger partial charge >= 0.3 is 0 Å². The summed E-state index contributed by atoms with van der Waals surface area (Å²) in [6.45, 7) is 6.24. The molecule has 0 atom stereocenters. The molecule has 1 aromatic carbocycles. The fourth-order valence-corrected chi connectivity index (χ4v) is 3.38. The molecule has 1 aromatic heterocycles. The predicted octanol–water partition coefficient (Wildman–Crippen LogP) is 1.35. The summed E-state index contributed by atoms with van der Waals surface area (Å²) in [4.78, 5) is 2.36. The van der Waals surface area contributed by atoms with Crippen molar-refractivity contribution in [2.24, 2.45) is 0 Å². The molecule has 0 saturated heterocycles. The van der Waals surface area contributed by atoms with Crippen LogP contribution in [0.15, 0.2) is 30.3 Å². The first-order valence-electron chi connectivity index (χ1n) is 8.37. The normalized spacial score (nSPS) is 15.1. The second kappa shape index (κ2) is 7.55. The van der Waals surface area contributed by atoms with E-state index in [0.29, 0.717) is 6.61 Å². The van der Waals surface area contributed by atoms with E-state index < -0.39 is 10.0 Å². The maximum absolute atomic E-state index is 11.2. The Morgan fingerprint density at radius 2 is 2.12 bits per heavy atom. The van der Waals surface area contributed by atoms with Gasteiger partial charge in [0.2, 0.25) is 10.0 Å². The van der Waals surface area contributed by atoms with Crippen LogP contribution in [0.2, 0.25) is 0 Å². The molecule has 0 aliphatic carbocycles. The molecule has 1 aliphatic heterocycles. The molecular formula is C17H24N4O3S. The number of aromatic nitrogens is 2. The highest BCUT2D eigenvalue weighted by Gasteiger charge is 2.19. The van der Waals surface area contributed by atoms with Crippen molar-refractivity contribution < 1.29 is 13.2 Å². The van der Waals surface area contributed by atoms with Crippen LogP contribution in [0.1, 0.15) is 23.9 Å². The molecular weight excluding hydrogens is 340 g/mol. The lowest BCUT2D eigenvalue weighted by molar-refractivity contribution is 0.205. The van der Waals surface area contributed by atoms with E-state index in [1.54, 1.807) is 0 Å². The fraction of sp³-hybridized carbons (Fsp3) is 0.471. The summed E-state index contributed by atoms with van der Waals surface area (Å²) in [6.07, 6.45) is 1.15. The first kappa shape index (κ1) is 17.9. The van der Waals surface area contributed by atoms with Crippen LogP contribution >= 0.6 is 0 Å². The van der Waals surface area contributed by atoms with Crippen LogP contribution in [-0.4, -0.2) is 42.5 Å². The maximum Gasteiger partial charge on any atom is 0.209 e. The van der Waals surface area contributed by atoms with Crippen molar-refractivity contribution in [2.75, 3.05) is 19.4 Å². The van der Waals surface area contributed by atoms with E-state index in [0.717, 1.165) is 49.6 Å². The molecule has 0 amide bonds. The van der Waals surface area contributed by atoms with Gasteiger partial charge in [0.1, 0.15) is 5.75 Å². The molecule has 0 unspecified atom stereocenters. The van der Waals surface area contributed by atoms with Crippen molar-refractivity contribution in [2.45, 2.75) is 33.1 Å². The Labute approximate surface area is 148 Å². The Morgan fingerprint density at radius 1 is 1.28 bits per heavy atom. The highest BCUT2D eigenvalue weighted by atomic mass is 32.2. The summed E-state index contributed by atoms with van der Waals surface area (Å²) >= 11 is 0. The third kappa shape index (κ3) is 5.04. The van der Waals surface area contributed by atoms with Crippen molar-refractivity contribution in [3.8, 4) is 5.75 Å². The van der Waals surface area contributed by atoms with E-state index in [-0.39, 0.29) is 6.54 Å². The highest BCUT2D eigenvalue weighted by Crippen LogP contribution is 2.19. The molecule has 2 aromatic rings. The number of hydrogen-bond donors (Lipinski definition) is 1. The van der Waals surface area contributed by atoms with E-state index in [1.807, 2.05) is 29.8 Å². The Balaban J connectivity index is 1.63. The number of hydrogen-bond acceptors (Lipinski definition) is 5. The van der Waals surface area contributed by atoms with Gasteiger partial charge in [0.05, 0.1) is 37.3 Å². The van der Waals surface area contributed by atoms with Gasteiger partial charge in [-0.15, -0.1) is 0 Å². The van der Waals surface area contributed by atoms with Crippen LogP contribution in [-0.2, 0) is 36.2 Å². The number of benzene rings is 1. The summed E-state index contributed by atoms with van der Waals surface area (Å²) in [5, 5.41) is 4.48. The Morgan fingerprint density at radius 3 is 2.88 bits per heavy atom. The largest absolute Gasteiger partial charge is 0.494 e. The van der Waals surface area contributed by atoms with E-state index in [4.69, 9.17) is 4.74 Å². The Bertz CT molecular complexity index is 832. The van der Waals surface area contributed by atoms with E-state index in [9.17, 15) is 8.42 Å². The lowest BCUT2D eigenvalue weighted by atomic mass is 10.2. The topological polar surface area (TPSA) is 76.5 Å². The van der Waals surface area contributed by atoms with Crippen molar-refractivity contribution >= 4 is 10.0 Å². The minimum atomic E-state index is -3.21. The second-order valence-corrected chi connectivity index (χ2v) is 8.07. The molecule has 0 fully saturated rings. The molecule has 8 heteroatoms. The molecule has 136 valence electrons. The van der Waals surface area contributed by atoms with Crippen LogP contribution in [0.25, 0.3) is 0 Å². The predicted molar refractivity (Wildman–Crippen MR) is 95.6 cm³/mol. The summed E-state index contributed by atoms with van der Waals surface area (Å²) in [5.41, 5.74) is 3.08. The zero-order valence-corrected chi connectivity index (χ0v) is 15.4. The third-order valence-electron chi connectivity index (χ3n) is 4.06. The van der Waals surface area contributed by atoms with Crippen LogP contribution in [0.3, 0.4) is 0 Å². The zero-order valence-electron chi connectivity index (χ0n) is 14.6. The van der Waals surface area contributed by atoms with Gasteiger partial charge in [-0.25, -0.2) is 13.1 Å². The van der Waals surface area contributed by atoms with E-state index >= 15 is 0 Å². The second-order valence-electron chi connectivity index (χ2n) is 6.23. The molecule has 0 radical (unpaired) electrons. The zero-order chi connectivity index (χ0) is 17.9. The van der Waals surface area contributed by atoms with Gasteiger partial charge < -0.3 is 4.74 Å². The number of sulfonamides is 1. The SMILES string of the molecule is CCOc1cccc(CN2CCn3nc(CNS(C)(=O)=O)cc3C2)c1. The van der Waals surface area contributed by atoms with Crippen molar-refractivity contribution in [1.82, 2.24) is 19.4 Å². The highest BCUT2D eigenvalue weighted by molar-refractivity contribution is 7.88. The molecule has 0 bridgehead atoms. The molecule has 3 rings (SSSR count). The van der Waals surface area contributed by atoms with Crippen molar-refractivity contribution in [3.05, 3.63) is 47.3 Å². The quantitative estimate of drug-likeness (QED) is 0.802. The van der Waals surface area contributed by atoms with Crippen molar-refractivity contribution in [3.63, 3.8) is 0 Å². The Kier molecular flexibility index (Phi) is 5.41. The fourth-order valence-electron chi connectivity index (χ4n) is 2.97. The molecule has 0 spiro atoms. The lowest BCUT2D eigenvalue weighted by Crippen LogP contribution is -2.33. The third-order valence-corrected chi connectivity index (χ3v) is 4.73. The van der Waals surface area contributed by atoms with Crippen molar-refractivity contribution in [1.29, 1.82) is 0 Å². The monoisotopic (exact) mass is 364 g/mol. The average Bonchev–Trinajstić information content (AvgIpc) is 2.95. The van der Waals surface area contributed by atoms with Gasteiger partial charge in [0, 0.05) is 19.6 Å². The maximum atomic E-state index is 11.2. The summed E-state index contributed by atoms with van der Waals surface area (Å²) in [5.74, 6) is 0.899. The first-order valence-corrected chi connectivity index (χ1v) is 10.3. The summed E-state index contributed by atoms with van der Waals surface area (Å²) < 4.78 is 32.4. The number of ether oxygens (including phenoxy) is 1. The van der Waals surface area contributed by atoms with E-state index in [2.05, 4.69) is 26.9 Å². The van der Waals surface area contributed by atoms with E-state index in [1.165, 1.54) is 5.56 Å². The van der Waals surface area contributed by atoms with Crippen LogP contribution < -0.4 is 9.46 Å². The lowest BCUT2D eigenvalue weighted by Gasteiger charge is -2.27. The molecule has 25 heavy (non-hydrogen) atoms. The Hall–Kier alpha value is -1.90. The average molecular weight is 364 g/mol. The van der Waals surface area contributed by atoms with Gasteiger partial charge in [-0.2, -0.15) is 5.10 Å². The minimum absolute atomic E-state index is 0.231. The van der Waals surface area contributed by atoms with Crippen LogP contribution in [0.5, 0.6) is 5.75 Å². The summed E-state index contributed by atoms with van der Waals surface area (Å²) in [6, 6.07) is 10.1. The molecule has 2 heterocycles.